The largest absolute Gasteiger partial charge is 0.469 e. The fourth-order valence-corrected chi connectivity index (χ4v) is 3.29. The second-order valence-corrected chi connectivity index (χ2v) is 6.36. The lowest BCUT2D eigenvalue weighted by molar-refractivity contribution is -0.121. The van der Waals surface area contributed by atoms with Crippen molar-refractivity contribution >= 4 is 5.91 Å². The molecule has 2 aromatic rings. The highest BCUT2D eigenvalue weighted by atomic mass is 16.3. The van der Waals surface area contributed by atoms with Gasteiger partial charge in [-0.05, 0) is 50.2 Å². The summed E-state index contributed by atoms with van der Waals surface area (Å²) in [5.41, 5.74) is 0. The maximum absolute atomic E-state index is 12.2. The van der Waals surface area contributed by atoms with Crippen molar-refractivity contribution in [2.45, 2.75) is 44.6 Å². The minimum absolute atomic E-state index is 0.0535. The molecule has 1 saturated heterocycles. The molecule has 1 fully saturated rings. The van der Waals surface area contributed by atoms with E-state index in [9.17, 15) is 4.79 Å². The molecule has 1 amide bonds. The van der Waals surface area contributed by atoms with Crippen molar-refractivity contribution < 1.29 is 13.6 Å². The average molecular weight is 330 g/mol. The lowest BCUT2D eigenvalue weighted by Gasteiger charge is -2.29. The van der Waals surface area contributed by atoms with E-state index < -0.39 is 0 Å². The number of likely N-dealkylation sites (tertiary alicyclic amines) is 1. The van der Waals surface area contributed by atoms with Crippen LogP contribution in [0.4, 0.5) is 0 Å². The third-order valence-corrected chi connectivity index (χ3v) is 4.62. The maximum Gasteiger partial charge on any atom is 0.220 e. The van der Waals surface area contributed by atoms with E-state index >= 15 is 0 Å². The van der Waals surface area contributed by atoms with Crippen LogP contribution in [0.25, 0.3) is 0 Å². The highest BCUT2D eigenvalue weighted by Gasteiger charge is 2.24. The summed E-state index contributed by atoms with van der Waals surface area (Å²) in [5.74, 6) is 1.83. The summed E-state index contributed by atoms with van der Waals surface area (Å²) in [4.78, 5) is 14.6. The first-order valence-corrected chi connectivity index (χ1v) is 8.89. The van der Waals surface area contributed by atoms with Crippen LogP contribution in [0.2, 0.25) is 0 Å². The lowest BCUT2D eigenvalue weighted by Crippen LogP contribution is -2.38. The number of nitrogens with one attached hydrogen (secondary N) is 1. The van der Waals surface area contributed by atoms with E-state index in [0.717, 1.165) is 24.6 Å². The van der Waals surface area contributed by atoms with E-state index in [4.69, 9.17) is 8.83 Å². The summed E-state index contributed by atoms with van der Waals surface area (Å²) in [6, 6.07) is 7.78. The fourth-order valence-electron chi connectivity index (χ4n) is 3.29. The van der Waals surface area contributed by atoms with Crippen LogP contribution in [0, 0.1) is 0 Å². The number of furan rings is 2. The smallest absolute Gasteiger partial charge is 0.220 e. The van der Waals surface area contributed by atoms with Crippen LogP contribution >= 0.6 is 0 Å². The van der Waals surface area contributed by atoms with Crippen molar-refractivity contribution in [3.8, 4) is 0 Å². The van der Waals surface area contributed by atoms with Crippen LogP contribution in [-0.4, -0.2) is 30.4 Å². The molecule has 1 atom stereocenters. The van der Waals surface area contributed by atoms with Crippen molar-refractivity contribution in [3.63, 3.8) is 0 Å². The standard InChI is InChI=1S/C19H26N2O3/c22-19(10-9-16-7-5-13-23-16)20-15-17(18-8-6-14-24-18)21-11-3-1-2-4-12-21/h5-8,13-14,17H,1-4,9-12,15H2,(H,20,22). The SMILES string of the molecule is O=C(CCc1ccco1)NCC(c1ccco1)N1CCCCCC1. The first kappa shape index (κ1) is 16.8. The number of carbonyl (C=O) groups excluding carboxylic acids is 1. The number of carbonyl (C=O) groups is 1. The van der Waals surface area contributed by atoms with Crippen molar-refractivity contribution in [1.29, 1.82) is 0 Å². The topological polar surface area (TPSA) is 58.6 Å². The van der Waals surface area contributed by atoms with Gasteiger partial charge in [-0.2, -0.15) is 0 Å². The minimum Gasteiger partial charge on any atom is -0.469 e. The van der Waals surface area contributed by atoms with E-state index in [2.05, 4.69) is 10.2 Å². The molecule has 1 aliphatic rings. The highest BCUT2D eigenvalue weighted by Crippen LogP contribution is 2.24. The second kappa shape index (κ2) is 8.73. The van der Waals surface area contributed by atoms with Crippen LogP contribution in [0.1, 0.15) is 49.7 Å². The Bertz CT molecular complexity index is 584. The first-order chi connectivity index (χ1) is 11.8. The number of aryl methyl sites for hydroxylation is 1. The molecule has 1 N–H and O–H groups in total. The molecule has 130 valence electrons. The van der Waals surface area contributed by atoms with Gasteiger partial charge in [0.2, 0.25) is 5.91 Å². The van der Waals surface area contributed by atoms with E-state index in [1.165, 1.54) is 25.7 Å². The molecule has 2 aromatic heterocycles. The molecule has 0 radical (unpaired) electrons. The molecule has 1 aliphatic heterocycles. The predicted octanol–water partition coefficient (Wildman–Crippen LogP) is 3.54. The van der Waals surface area contributed by atoms with Crippen LogP contribution in [0.3, 0.4) is 0 Å². The van der Waals surface area contributed by atoms with Crippen molar-refractivity contribution in [1.82, 2.24) is 10.2 Å². The zero-order chi connectivity index (χ0) is 16.6. The van der Waals surface area contributed by atoms with Crippen LogP contribution in [0.15, 0.2) is 45.6 Å². The second-order valence-electron chi connectivity index (χ2n) is 6.36. The quantitative estimate of drug-likeness (QED) is 0.843. The Kier molecular flexibility index (Phi) is 6.13. The van der Waals surface area contributed by atoms with Crippen LogP contribution < -0.4 is 5.32 Å². The Morgan fingerprint density at radius 1 is 1.08 bits per heavy atom. The van der Waals surface area contributed by atoms with Gasteiger partial charge in [-0.15, -0.1) is 0 Å². The van der Waals surface area contributed by atoms with Crippen molar-refractivity contribution in [2.75, 3.05) is 19.6 Å². The Morgan fingerprint density at radius 3 is 2.50 bits per heavy atom. The fraction of sp³-hybridized carbons (Fsp3) is 0.526. The van der Waals surface area contributed by atoms with Crippen LogP contribution in [-0.2, 0) is 11.2 Å². The minimum atomic E-state index is 0.0535. The van der Waals surface area contributed by atoms with Gasteiger partial charge in [0.05, 0.1) is 18.6 Å². The number of hydrogen-bond acceptors (Lipinski definition) is 4. The summed E-state index contributed by atoms with van der Waals surface area (Å²) in [5, 5.41) is 3.07. The van der Waals surface area contributed by atoms with Gasteiger partial charge in [-0.1, -0.05) is 12.8 Å². The molecule has 24 heavy (non-hydrogen) atoms. The summed E-state index contributed by atoms with van der Waals surface area (Å²) < 4.78 is 10.9. The number of hydrogen-bond donors (Lipinski definition) is 1. The summed E-state index contributed by atoms with van der Waals surface area (Å²) in [6.45, 7) is 2.71. The van der Waals surface area contributed by atoms with Crippen LogP contribution in [0.5, 0.6) is 0 Å². The molecule has 0 aromatic carbocycles. The molecule has 5 heteroatoms. The number of amides is 1. The predicted molar refractivity (Wildman–Crippen MR) is 91.5 cm³/mol. The van der Waals surface area contributed by atoms with E-state index in [-0.39, 0.29) is 11.9 Å². The van der Waals surface area contributed by atoms with Gasteiger partial charge in [0, 0.05) is 19.4 Å². The third kappa shape index (κ3) is 4.74. The molecule has 3 heterocycles. The monoisotopic (exact) mass is 330 g/mol. The summed E-state index contributed by atoms with van der Waals surface area (Å²) in [7, 11) is 0. The van der Waals surface area contributed by atoms with Gasteiger partial charge in [-0.3, -0.25) is 9.69 Å². The summed E-state index contributed by atoms with van der Waals surface area (Å²) in [6.07, 6.45) is 9.42. The van der Waals surface area contributed by atoms with Gasteiger partial charge >= 0.3 is 0 Å². The maximum atomic E-state index is 12.2. The summed E-state index contributed by atoms with van der Waals surface area (Å²) >= 11 is 0. The first-order valence-electron chi connectivity index (χ1n) is 8.89. The highest BCUT2D eigenvalue weighted by molar-refractivity contribution is 5.76. The average Bonchev–Trinajstić information content (AvgIpc) is 3.24. The molecule has 0 bridgehead atoms. The normalized spacial score (nSPS) is 17.3. The van der Waals surface area contributed by atoms with E-state index in [0.29, 0.717) is 19.4 Å². The van der Waals surface area contributed by atoms with E-state index in [1.807, 2.05) is 24.3 Å². The Hall–Kier alpha value is -2.01. The van der Waals surface area contributed by atoms with E-state index in [1.54, 1.807) is 12.5 Å². The molecular weight excluding hydrogens is 304 g/mol. The van der Waals surface area contributed by atoms with Gasteiger partial charge in [-0.25, -0.2) is 0 Å². The Balaban J connectivity index is 1.54. The molecule has 0 aliphatic carbocycles. The molecular formula is C19H26N2O3. The molecule has 5 nitrogen and oxygen atoms in total. The number of nitrogens with zero attached hydrogens (tertiary/aromatic N) is 1. The van der Waals surface area contributed by atoms with Gasteiger partial charge in [0.1, 0.15) is 11.5 Å². The zero-order valence-electron chi connectivity index (χ0n) is 14.1. The zero-order valence-corrected chi connectivity index (χ0v) is 14.1. The Morgan fingerprint density at radius 2 is 1.83 bits per heavy atom. The van der Waals surface area contributed by atoms with Gasteiger partial charge in [0.25, 0.3) is 0 Å². The molecule has 1 unspecified atom stereocenters. The van der Waals surface area contributed by atoms with Crippen molar-refractivity contribution in [3.05, 3.63) is 48.3 Å². The van der Waals surface area contributed by atoms with Gasteiger partial charge < -0.3 is 14.2 Å². The third-order valence-electron chi connectivity index (χ3n) is 4.62. The molecule has 3 rings (SSSR count). The molecule has 0 spiro atoms. The van der Waals surface area contributed by atoms with Crippen molar-refractivity contribution in [2.24, 2.45) is 0 Å². The lowest BCUT2D eigenvalue weighted by atomic mass is 10.1. The Labute approximate surface area is 143 Å². The number of rotatable bonds is 7. The molecule has 0 saturated carbocycles. The van der Waals surface area contributed by atoms with Gasteiger partial charge in [0.15, 0.2) is 0 Å².